The Balaban J connectivity index is 2.48. The highest BCUT2D eigenvalue weighted by atomic mass is 35.5. The number of rotatable bonds is 0. The monoisotopic (exact) mass is 252 g/mol. The molecule has 2 aromatic carbocycles. The van der Waals surface area contributed by atoms with Crippen molar-refractivity contribution < 1.29 is 0 Å². The Hall–Kier alpha value is -2.11. The van der Waals surface area contributed by atoms with Gasteiger partial charge >= 0.3 is 0 Å². The number of halogens is 1. The van der Waals surface area contributed by atoms with Gasteiger partial charge in [0, 0.05) is 10.8 Å². The molecule has 0 saturated heterocycles. The molecule has 3 heteroatoms. The van der Waals surface area contributed by atoms with Gasteiger partial charge in [0.1, 0.15) is 0 Å². The first-order chi connectivity index (χ1) is 8.69. The van der Waals surface area contributed by atoms with Gasteiger partial charge in [0.25, 0.3) is 0 Å². The predicted octanol–water partition coefficient (Wildman–Crippen LogP) is 4.22. The van der Waals surface area contributed by atoms with Gasteiger partial charge in [-0.05, 0) is 37.3 Å². The standard InChI is InChI=1S/C15H9ClN2/c1-9-2-5-13-12(6-9)15(16)11-4-3-10(8-17)7-14(11)18-13/h2-7H,1H3. The number of fused-ring (bicyclic) bond motifs is 2. The Kier molecular flexibility index (Phi) is 2.43. The summed E-state index contributed by atoms with van der Waals surface area (Å²) in [6, 6.07) is 13.5. The fourth-order valence-corrected chi connectivity index (χ4v) is 2.39. The molecule has 3 rings (SSSR count). The Morgan fingerprint density at radius 3 is 2.67 bits per heavy atom. The molecule has 0 aliphatic heterocycles. The van der Waals surface area contributed by atoms with Gasteiger partial charge in [0.05, 0.1) is 27.7 Å². The maximum absolute atomic E-state index is 8.91. The zero-order valence-electron chi connectivity index (χ0n) is 9.74. The highest BCUT2D eigenvalue weighted by Gasteiger charge is 2.07. The number of hydrogen-bond donors (Lipinski definition) is 0. The van der Waals surface area contributed by atoms with Crippen LogP contribution in [0.15, 0.2) is 36.4 Å². The Bertz CT molecular complexity index is 816. The molecule has 0 spiro atoms. The minimum absolute atomic E-state index is 0.595. The lowest BCUT2D eigenvalue weighted by molar-refractivity contribution is 1.44. The first-order valence-electron chi connectivity index (χ1n) is 5.59. The minimum Gasteiger partial charge on any atom is -0.248 e. The number of nitriles is 1. The van der Waals surface area contributed by atoms with Crippen LogP contribution in [0.5, 0.6) is 0 Å². The first-order valence-corrected chi connectivity index (χ1v) is 5.96. The zero-order chi connectivity index (χ0) is 12.7. The quantitative estimate of drug-likeness (QED) is 0.562. The average molecular weight is 253 g/mol. The Morgan fingerprint density at radius 2 is 1.89 bits per heavy atom. The second-order valence-corrected chi connectivity index (χ2v) is 4.67. The van der Waals surface area contributed by atoms with Crippen molar-refractivity contribution in [3.8, 4) is 6.07 Å². The fraction of sp³-hybridized carbons (Fsp3) is 0.0667. The third-order valence-electron chi connectivity index (χ3n) is 2.99. The second kappa shape index (κ2) is 3.97. The topological polar surface area (TPSA) is 36.7 Å². The summed E-state index contributed by atoms with van der Waals surface area (Å²) in [6.45, 7) is 2.03. The van der Waals surface area contributed by atoms with Crippen LogP contribution < -0.4 is 0 Å². The summed E-state index contributed by atoms with van der Waals surface area (Å²) in [5, 5.41) is 11.4. The van der Waals surface area contributed by atoms with E-state index in [9.17, 15) is 0 Å². The summed E-state index contributed by atoms with van der Waals surface area (Å²) >= 11 is 6.42. The van der Waals surface area contributed by atoms with Crippen molar-refractivity contribution in [3.05, 3.63) is 52.5 Å². The van der Waals surface area contributed by atoms with Gasteiger partial charge in [-0.15, -0.1) is 0 Å². The number of aryl methyl sites for hydroxylation is 1. The summed E-state index contributed by atoms with van der Waals surface area (Å²) in [5.41, 5.74) is 3.36. The Morgan fingerprint density at radius 1 is 1.06 bits per heavy atom. The van der Waals surface area contributed by atoms with Crippen molar-refractivity contribution in [2.24, 2.45) is 0 Å². The molecule has 1 aromatic heterocycles. The summed E-state index contributed by atoms with van der Waals surface area (Å²) in [4.78, 5) is 4.55. The van der Waals surface area contributed by atoms with Gasteiger partial charge < -0.3 is 0 Å². The highest BCUT2D eigenvalue weighted by molar-refractivity contribution is 6.40. The highest BCUT2D eigenvalue weighted by Crippen LogP contribution is 2.31. The Labute approximate surface area is 109 Å². The van der Waals surface area contributed by atoms with Gasteiger partial charge in [-0.3, -0.25) is 0 Å². The van der Waals surface area contributed by atoms with Crippen LogP contribution in [0.1, 0.15) is 11.1 Å². The van der Waals surface area contributed by atoms with E-state index in [1.54, 1.807) is 12.1 Å². The van der Waals surface area contributed by atoms with Crippen molar-refractivity contribution in [2.75, 3.05) is 0 Å². The number of nitrogens with zero attached hydrogens (tertiary/aromatic N) is 2. The minimum atomic E-state index is 0.595. The van der Waals surface area contributed by atoms with E-state index in [1.807, 2.05) is 31.2 Å². The van der Waals surface area contributed by atoms with E-state index in [1.165, 1.54) is 0 Å². The van der Waals surface area contributed by atoms with E-state index in [2.05, 4.69) is 11.1 Å². The molecule has 0 unspecified atom stereocenters. The molecule has 0 amide bonds. The van der Waals surface area contributed by atoms with Crippen LogP contribution in [-0.4, -0.2) is 4.98 Å². The predicted molar refractivity (Wildman–Crippen MR) is 73.7 cm³/mol. The van der Waals surface area contributed by atoms with Gasteiger partial charge in [-0.1, -0.05) is 23.2 Å². The van der Waals surface area contributed by atoms with E-state index in [4.69, 9.17) is 16.9 Å². The largest absolute Gasteiger partial charge is 0.248 e. The van der Waals surface area contributed by atoms with E-state index >= 15 is 0 Å². The number of pyridine rings is 1. The lowest BCUT2D eigenvalue weighted by Crippen LogP contribution is -1.87. The van der Waals surface area contributed by atoms with Crippen molar-refractivity contribution in [1.82, 2.24) is 4.98 Å². The summed E-state index contributed by atoms with van der Waals surface area (Å²) < 4.78 is 0. The molecule has 0 fully saturated rings. The van der Waals surface area contributed by atoms with Crippen LogP contribution in [0.25, 0.3) is 21.8 Å². The van der Waals surface area contributed by atoms with Gasteiger partial charge in [-0.25, -0.2) is 4.98 Å². The molecule has 2 nitrogen and oxygen atoms in total. The van der Waals surface area contributed by atoms with Crippen molar-refractivity contribution in [1.29, 1.82) is 5.26 Å². The van der Waals surface area contributed by atoms with E-state index in [0.29, 0.717) is 10.6 Å². The molecule has 18 heavy (non-hydrogen) atoms. The first kappa shape index (κ1) is 11.0. The molecule has 0 atom stereocenters. The van der Waals surface area contributed by atoms with Crippen LogP contribution in [0.4, 0.5) is 0 Å². The summed E-state index contributed by atoms with van der Waals surface area (Å²) in [5.74, 6) is 0. The van der Waals surface area contributed by atoms with Gasteiger partial charge in [0.15, 0.2) is 0 Å². The summed E-state index contributed by atoms with van der Waals surface area (Å²) in [6.07, 6.45) is 0. The second-order valence-electron chi connectivity index (χ2n) is 4.29. The molecule has 86 valence electrons. The fourth-order valence-electron chi connectivity index (χ4n) is 2.08. The molecule has 0 N–H and O–H groups in total. The van der Waals surface area contributed by atoms with Crippen LogP contribution >= 0.6 is 11.6 Å². The van der Waals surface area contributed by atoms with Gasteiger partial charge in [0.2, 0.25) is 0 Å². The van der Waals surface area contributed by atoms with E-state index in [-0.39, 0.29) is 0 Å². The van der Waals surface area contributed by atoms with Gasteiger partial charge in [-0.2, -0.15) is 5.26 Å². The van der Waals surface area contributed by atoms with Crippen LogP contribution in [0, 0.1) is 18.3 Å². The number of aromatic nitrogens is 1. The van der Waals surface area contributed by atoms with E-state index < -0.39 is 0 Å². The maximum Gasteiger partial charge on any atom is 0.0992 e. The zero-order valence-corrected chi connectivity index (χ0v) is 10.5. The lowest BCUT2D eigenvalue weighted by atomic mass is 10.1. The number of hydrogen-bond acceptors (Lipinski definition) is 2. The smallest absolute Gasteiger partial charge is 0.0992 e. The molecule has 3 aromatic rings. The molecule has 0 saturated carbocycles. The van der Waals surface area contributed by atoms with Crippen LogP contribution in [0.2, 0.25) is 5.02 Å². The third kappa shape index (κ3) is 1.61. The van der Waals surface area contributed by atoms with Crippen LogP contribution in [-0.2, 0) is 0 Å². The average Bonchev–Trinajstić information content (AvgIpc) is 2.39. The molecule has 1 heterocycles. The van der Waals surface area contributed by atoms with E-state index in [0.717, 1.165) is 27.4 Å². The third-order valence-corrected chi connectivity index (χ3v) is 3.40. The normalized spacial score (nSPS) is 10.7. The number of benzene rings is 2. The van der Waals surface area contributed by atoms with Crippen molar-refractivity contribution in [2.45, 2.75) is 6.92 Å². The molecular formula is C15H9ClN2. The van der Waals surface area contributed by atoms with Crippen molar-refractivity contribution >= 4 is 33.4 Å². The maximum atomic E-state index is 8.91. The van der Waals surface area contributed by atoms with Crippen LogP contribution in [0.3, 0.4) is 0 Å². The molecule has 0 aliphatic carbocycles. The molecule has 0 aliphatic rings. The summed E-state index contributed by atoms with van der Waals surface area (Å²) in [7, 11) is 0. The molecular weight excluding hydrogens is 244 g/mol. The SMILES string of the molecule is Cc1ccc2nc3cc(C#N)ccc3c(Cl)c2c1. The molecule has 0 bridgehead atoms. The lowest BCUT2D eigenvalue weighted by Gasteiger charge is -2.06. The molecule has 0 radical (unpaired) electrons. The van der Waals surface area contributed by atoms with Crippen molar-refractivity contribution in [3.63, 3.8) is 0 Å².